The van der Waals surface area contributed by atoms with Crippen LogP contribution in [0.15, 0.2) is 18.2 Å². The highest BCUT2D eigenvalue weighted by Crippen LogP contribution is 2.23. The number of nitrogens with one attached hydrogen (secondary N) is 1. The maximum Gasteiger partial charge on any atom is 0.269 e. The van der Waals surface area contributed by atoms with Gasteiger partial charge in [0.15, 0.2) is 0 Å². The number of rotatable bonds is 6. The Morgan fingerprint density at radius 1 is 1.53 bits per heavy atom. The first kappa shape index (κ1) is 13.3. The minimum absolute atomic E-state index is 0.0975. The number of hydrogen-bond donors (Lipinski definition) is 1. The smallest absolute Gasteiger partial charge is 0.269 e. The minimum atomic E-state index is -2.49. The Morgan fingerprint density at radius 2 is 2.24 bits per heavy atom. The molecule has 0 amide bonds. The molecule has 0 aromatic heterocycles. The number of nitro groups is 1. The predicted molar refractivity (Wildman–Crippen MR) is 58.3 cm³/mol. The van der Waals surface area contributed by atoms with E-state index in [1.54, 1.807) is 0 Å². The number of halogens is 2. The van der Waals surface area contributed by atoms with E-state index in [4.69, 9.17) is 4.74 Å². The van der Waals surface area contributed by atoms with Gasteiger partial charge in [-0.2, -0.15) is 0 Å². The van der Waals surface area contributed by atoms with Gasteiger partial charge in [0.2, 0.25) is 0 Å². The molecule has 1 aromatic carbocycles. The van der Waals surface area contributed by atoms with Gasteiger partial charge in [-0.1, -0.05) is 0 Å². The zero-order valence-electron chi connectivity index (χ0n) is 9.15. The molecule has 7 heteroatoms. The van der Waals surface area contributed by atoms with E-state index in [-0.39, 0.29) is 12.3 Å². The van der Waals surface area contributed by atoms with Crippen molar-refractivity contribution < 1.29 is 18.4 Å². The van der Waals surface area contributed by atoms with Gasteiger partial charge in [0.25, 0.3) is 12.1 Å². The summed E-state index contributed by atoms with van der Waals surface area (Å²) in [7, 11) is 1.43. The van der Waals surface area contributed by atoms with Crippen LogP contribution in [0.4, 0.5) is 20.2 Å². The van der Waals surface area contributed by atoms with Crippen molar-refractivity contribution >= 4 is 11.4 Å². The van der Waals surface area contributed by atoms with Gasteiger partial charge in [-0.05, 0) is 6.07 Å². The van der Waals surface area contributed by atoms with Crippen LogP contribution in [0.3, 0.4) is 0 Å². The molecule has 0 aliphatic rings. The molecule has 1 aromatic rings. The first-order valence-electron chi connectivity index (χ1n) is 4.83. The third kappa shape index (κ3) is 3.95. The van der Waals surface area contributed by atoms with E-state index < -0.39 is 17.9 Å². The van der Waals surface area contributed by atoms with Gasteiger partial charge in [0.05, 0.1) is 18.1 Å². The van der Waals surface area contributed by atoms with Crippen LogP contribution < -0.4 is 5.32 Å². The first-order valence-corrected chi connectivity index (χ1v) is 4.83. The molecule has 1 N–H and O–H groups in total. The molecule has 0 saturated carbocycles. The van der Waals surface area contributed by atoms with Crippen molar-refractivity contribution in [3.8, 4) is 0 Å². The fourth-order valence-corrected chi connectivity index (χ4v) is 1.33. The van der Waals surface area contributed by atoms with Crippen LogP contribution in [0.2, 0.25) is 0 Å². The zero-order chi connectivity index (χ0) is 12.8. The van der Waals surface area contributed by atoms with E-state index in [1.807, 2.05) is 0 Å². The monoisotopic (exact) mass is 246 g/mol. The summed E-state index contributed by atoms with van der Waals surface area (Å²) in [6, 6.07) is 3.96. The largest absolute Gasteiger partial charge is 0.380 e. The van der Waals surface area contributed by atoms with Crippen LogP contribution in [0.25, 0.3) is 0 Å². The maximum atomic E-state index is 12.0. The van der Waals surface area contributed by atoms with E-state index in [0.717, 1.165) is 0 Å². The van der Waals surface area contributed by atoms with Gasteiger partial charge in [-0.3, -0.25) is 10.1 Å². The van der Waals surface area contributed by atoms with Gasteiger partial charge in [-0.25, -0.2) is 8.78 Å². The number of nitro benzene ring substituents is 1. The van der Waals surface area contributed by atoms with Crippen LogP contribution in [0, 0.1) is 10.1 Å². The molecule has 0 bridgehead atoms. The van der Waals surface area contributed by atoms with Crippen molar-refractivity contribution in [3.63, 3.8) is 0 Å². The van der Waals surface area contributed by atoms with Crippen LogP contribution in [-0.2, 0) is 11.3 Å². The number of hydrogen-bond acceptors (Lipinski definition) is 4. The van der Waals surface area contributed by atoms with E-state index in [2.05, 4.69) is 5.32 Å². The van der Waals surface area contributed by atoms with Gasteiger partial charge in [0, 0.05) is 30.5 Å². The normalized spacial score (nSPS) is 10.6. The van der Waals surface area contributed by atoms with Crippen molar-refractivity contribution in [2.75, 3.05) is 19.0 Å². The van der Waals surface area contributed by atoms with Crippen LogP contribution in [-0.4, -0.2) is 25.0 Å². The number of non-ortho nitro benzene ring substituents is 1. The molecule has 0 fully saturated rings. The average Bonchev–Trinajstić information content (AvgIpc) is 2.27. The second-order valence-electron chi connectivity index (χ2n) is 3.30. The van der Waals surface area contributed by atoms with Gasteiger partial charge in [-0.15, -0.1) is 0 Å². The van der Waals surface area contributed by atoms with Gasteiger partial charge >= 0.3 is 0 Å². The highest BCUT2D eigenvalue weighted by molar-refractivity contribution is 5.55. The lowest BCUT2D eigenvalue weighted by atomic mass is 10.1. The molecular weight excluding hydrogens is 234 g/mol. The number of anilines is 1. The van der Waals surface area contributed by atoms with Crippen LogP contribution in [0.1, 0.15) is 5.56 Å². The van der Waals surface area contributed by atoms with E-state index in [1.165, 1.54) is 25.3 Å². The molecule has 0 heterocycles. The lowest BCUT2D eigenvalue weighted by Crippen LogP contribution is -2.12. The van der Waals surface area contributed by atoms with E-state index in [9.17, 15) is 18.9 Å². The molecule has 0 spiro atoms. The molecule has 0 saturated heterocycles. The third-order valence-electron chi connectivity index (χ3n) is 2.05. The molecule has 94 valence electrons. The average molecular weight is 246 g/mol. The Morgan fingerprint density at radius 3 is 2.76 bits per heavy atom. The SMILES string of the molecule is COCc1cc([N+](=O)[O-])ccc1NCC(F)F. The molecule has 0 unspecified atom stereocenters. The number of alkyl halides is 2. The van der Waals surface area contributed by atoms with Crippen molar-refractivity contribution in [1.29, 1.82) is 0 Å². The first-order chi connectivity index (χ1) is 8.04. The molecule has 0 atom stereocenters. The quantitative estimate of drug-likeness (QED) is 0.618. The van der Waals surface area contributed by atoms with Gasteiger partial charge < -0.3 is 10.1 Å². The Bertz CT molecular complexity index is 399. The molecular formula is C10H12F2N2O3. The second-order valence-corrected chi connectivity index (χ2v) is 3.30. The highest BCUT2D eigenvalue weighted by Gasteiger charge is 2.11. The van der Waals surface area contributed by atoms with Crippen LogP contribution in [0.5, 0.6) is 0 Å². The summed E-state index contributed by atoms with van der Waals surface area (Å²) in [6.07, 6.45) is -2.49. The summed E-state index contributed by atoms with van der Waals surface area (Å²) in [5, 5.41) is 13.1. The standard InChI is InChI=1S/C10H12F2N2O3/c1-17-6-7-4-8(14(15)16)2-3-9(7)13-5-10(11)12/h2-4,10,13H,5-6H2,1H3. The zero-order valence-corrected chi connectivity index (χ0v) is 9.15. The van der Waals surface area contributed by atoms with Crippen molar-refractivity contribution in [3.05, 3.63) is 33.9 Å². The van der Waals surface area contributed by atoms with Crippen LogP contribution >= 0.6 is 0 Å². The Labute approximate surface area is 96.5 Å². The van der Waals surface area contributed by atoms with Crippen molar-refractivity contribution in [2.24, 2.45) is 0 Å². The minimum Gasteiger partial charge on any atom is -0.380 e. The maximum absolute atomic E-state index is 12.0. The lowest BCUT2D eigenvalue weighted by molar-refractivity contribution is -0.384. The second kappa shape index (κ2) is 6.09. The topological polar surface area (TPSA) is 64.4 Å². The highest BCUT2D eigenvalue weighted by atomic mass is 19.3. The number of benzene rings is 1. The fraction of sp³-hybridized carbons (Fsp3) is 0.400. The lowest BCUT2D eigenvalue weighted by Gasteiger charge is -2.10. The summed E-state index contributed by atoms with van der Waals surface area (Å²) in [4.78, 5) is 10.0. The Balaban J connectivity index is 2.91. The summed E-state index contributed by atoms with van der Waals surface area (Å²) < 4.78 is 28.9. The summed E-state index contributed by atoms with van der Waals surface area (Å²) >= 11 is 0. The molecule has 17 heavy (non-hydrogen) atoms. The predicted octanol–water partition coefficient (Wildman–Crippen LogP) is 2.42. The molecule has 5 nitrogen and oxygen atoms in total. The number of nitrogens with zero attached hydrogens (tertiary/aromatic N) is 1. The molecule has 0 aliphatic heterocycles. The molecule has 0 aliphatic carbocycles. The Hall–Kier alpha value is -1.76. The van der Waals surface area contributed by atoms with E-state index in [0.29, 0.717) is 11.3 Å². The fourth-order valence-electron chi connectivity index (χ4n) is 1.33. The summed E-state index contributed by atoms with van der Waals surface area (Å²) in [5.41, 5.74) is 0.791. The Kier molecular flexibility index (Phi) is 4.77. The van der Waals surface area contributed by atoms with E-state index >= 15 is 0 Å². The number of methoxy groups -OCH3 is 1. The third-order valence-corrected chi connectivity index (χ3v) is 2.05. The number of ether oxygens (including phenoxy) is 1. The molecule has 0 radical (unpaired) electrons. The summed E-state index contributed by atoms with van der Waals surface area (Å²) in [5.74, 6) is 0. The van der Waals surface area contributed by atoms with Crippen molar-refractivity contribution in [2.45, 2.75) is 13.0 Å². The van der Waals surface area contributed by atoms with Crippen molar-refractivity contribution in [1.82, 2.24) is 0 Å². The van der Waals surface area contributed by atoms with Gasteiger partial charge in [0.1, 0.15) is 0 Å². The molecule has 1 rings (SSSR count). The summed E-state index contributed by atoms with van der Waals surface area (Å²) in [6.45, 7) is -0.387.